The molecule has 8 atom stereocenters. The summed E-state index contributed by atoms with van der Waals surface area (Å²) in [4.78, 5) is 0. The monoisotopic (exact) mass is 460 g/mol. The number of rotatable bonds is 6. The third kappa shape index (κ3) is 3.77. The van der Waals surface area contributed by atoms with Gasteiger partial charge in [-0.15, -0.1) is 0 Å². The molecule has 0 saturated heterocycles. The summed E-state index contributed by atoms with van der Waals surface area (Å²) in [6, 6.07) is 0. The van der Waals surface area contributed by atoms with Crippen LogP contribution in [0, 0.1) is 39.4 Å². The van der Waals surface area contributed by atoms with Crippen LogP contribution in [0.25, 0.3) is 0 Å². The molecule has 184 valence electrons. The van der Waals surface area contributed by atoms with Crippen molar-refractivity contribution in [1.82, 2.24) is 0 Å². The first-order chi connectivity index (χ1) is 14.8. The van der Waals surface area contributed by atoms with Gasteiger partial charge in [-0.1, -0.05) is 73.0 Å². The lowest BCUT2D eigenvalue weighted by atomic mass is 9.40. The molecule has 0 spiro atoms. The van der Waals surface area contributed by atoms with E-state index in [1.807, 2.05) is 7.11 Å². The van der Waals surface area contributed by atoms with Crippen LogP contribution in [0.1, 0.15) is 119 Å². The van der Waals surface area contributed by atoms with Gasteiger partial charge in [-0.3, -0.25) is 0 Å². The Hall–Kier alpha value is 0.0500. The van der Waals surface area contributed by atoms with Crippen LogP contribution in [-0.4, -0.2) is 18.0 Å². The van der Waals surface area contributed by atoms with Crippen LogP contribution in [0.5, 0.6) is 0 Å². The molecule has 0 bridgehead atoms. The molecule has 0 amide bonds. The lowest BCUT2D eigenvalue weighted by Gasteiger charge is -2.65. The predicted molar refractivity (Wildman–Crippen MR) is 141 cm³/mol. The zero-order chi connectivity index (χ0) is 23.6. The van der Waals surface area contributed by atoms with Crippen LogP contribution < -0.4 is 0 Å². The van der Waals surface area contributed by atoms with E-state index in [4.69, 9.17) is 17.4 Å². The van der Waals surface area contributed by atoms with Crippen molar-refractivity contribution >= 4 is 12.6 Å². The zero-order valence-electron chi connectivity index (χ0n) is 22.5. The molecule has 0 radical (unpaired) electrons. The van der Waals surface area contributed by atoms with Crippen LogP contribution >= 0.6 is 12.6 Å². The number of ether oxygens (including phenoxy) is 1. The number of allylic oxidation sites excluding steroid dienone is 1. The summed E-state index contributed by atoms with van der Waals surface area (Å²) in [5.74, 6) is 2.53. The largest absolute Gasteiger partial charge is 0.381 e. The maximum absolute atomic E-state index is 5.79. The molecule has 0 N–H and O–H groups in total. The van der Waals surface area contributed by atoms with Gasteiger partial charge in [0.25, 0.3) is 0 Å². The molecule has 0 aromatic carbocycles. The third-order valence-corrected chi connectivity index (χ3v) is 12.4. The first-order valence-corrected chi connectivity index (χ1v) is 14.2. The van der Waals surface area contributed by atoms with E-state index >= 15 is 0 Å². The van der Waals surface area contributed by atoms with E-state index in [1.165, 1.54) is 70.6 Å². The third-order valence-electron chi connectivity index (χ3n) is 12.1. The van der Waals surface area contributed by atoms with Crippen LogP contribution in [0.2, 0.25) is 0 Å². The van der Waals surface area contributed by atoms with Crippen molar-refractivity contribution in [1.29, 1.82) is 0 Å². The average molecular weight is 461 g/mol. The maximum Gasteiger partial charge on any atom is 0.0608 e. The van der Waals surface area contributed by atoms with Gasteiger partial charge in [0.05, 0.1) is 6.10 Å². The van der Waals surface area contributed by atoms with Crippen molar-refractivity contribution in [3.8, 4) is 0 Å². The van der Waals surface area contributed by atoms with E-state index in [2.05, 4.69) is 54.5 Å². The molecule has 2 heteroatoms. The fourth-order valence-electron chi connectivity index (χ4n) is 9.74. The number of hydrogen-bond acceptors (Lipinski definition) is 2. The summed E-state index contributed by atoms with van der Waals surface area (Å²) >= 11 is 4.78. The van der Waals surface area contributed by atoms with Crippen molar-refractivity contribution in [2.45, 2.75) is 130 Å². The molecule has 32 heavy (non-hydrogen) atoms. The maximum atomic E-state index is 5.79. The van der Waals surface area contributed by atoms with Gasteiger partial charge >= 0.3 is 0 Å². The molecule has 4 rings (SSSR count). The van der Waals surface area contributed by atoms with Gasteiger partial charge in [-0.05, 0) is 97.2 Å². The number of hydrogen-bond donors (Lipinski definition) is 1. The van der Waals surface area contributed by atoms with Gasteiger partial charge in [-0.25, -0.2) is 0 Å². The molecule has 4 aliphatic carbocycles. The Morgan fingerprint density at radius 2 is 1.75 bits per heavy atom. The van der Waals surface area contributed by atoms with E-state index < -0.39 is 0 Å². The summed E-state index contributed by atoms with van der Waals surface area (Å²) in [5, 5.41) is 0. The Morgan fingerprint density at radius 3 is 2.41 bits per heavy atom. The number of methoxy groups -OCH3 is 1. The van der Waals surface area contributed by atoms with Gasteiger partial charge in [0.2, 0.25) is 0 Å². The highest BCUT2D eigenvalue weighted by Crippen LogP contribution is 2.75. The van der Waals surface area contributed by atoms with E-state index in [0.717, 1.165) is 17.8 Å². The van der Waals surface area contributed by atoms with Crippen molar-refractivity contribution < 1.29 is 4.74 Å². The highest BCUT2D eigenvalue weighted by atomic mass is 32.1. The van der Waals surface area contributed by atoms with Crippen molar-refractivity contribution in [2.24, 2.45) is 39.4 Å². The van der Waals surface area contributed by atoms with Crippen molar-refractivity contribution in [3.05, 3.63) is 11.6 Å². The highest BCUT2D eigenvalue weighted by Gasteiger charge is 2.67. The quantitative estimate of drug-likeness (QED) is 0.307. The molecule has 0 aromatic rings. The lowest BCUT2D eigenvalue weighted by molar-refractivity contribution is -0.136. The Labute approximate surface area is 205 Å². The predicted octanol–water partition coefficient (Wildman–Crippen LogP) is 8.88. The number of thiol groups is 1. The summed E-state index contributed by atoms with van der Waals surface area (Å²) < 4.78 is 5.96. The zero-order valence-corrected chi connectivity index (χ0v) is 23.4. The molecule has 0 aliphatic heterocycles. The molecule has 4 aliphatic rings. The summed E-state index contributed by atoms with van der Waals surface area (Å²) in [7, 11) is 1.91. The molecule has 4 unspecified atom stereocenters. The minimum absolute atomic E-state index is 0.164. The second kappa shape index (κ2) is 8.32. The lowest BCUT2D eigenvalue weighted by Crippen LogP contribution is -2.57. The Bertz CT molecular complexity index is 736. The van der Waals surface area contributed by atoms with Crippen molar-refractivity contribution in [3.63, 3.8) is 0 Å². The Morgan fingerprint density at radius 1 is 1.06 bits per heavy atom. The molecule has 1 nitrogen and oxygen atoms in total. The van der Waals surface area contributed by atoms with E-state index in [-0.39, 0.29) is 4.75 Å². The van der Waals surface area contributed by atoms with Crippen LogP contribution in [-0.2, 0) is 4.74 Å². The van der Waals surface area contributed by atoms with Gasteiger partial charge in [0.1, 0.15) is 0 Å². The molecule has 3 saturated carbocycles. The van der Waals surface area contributed by atoms with E-state index in [1.54, 1.807) is 5.57 Å². The number of fused-ring (bicyclic) bond motifs is 5. The first-order valence-electron chi connectivity index (χ1n) is 13.7. The van der Waals surface area contributed by atoms with Gasteiger partial charge < -0.3 is 4.74 Å². The normalized spacial score (nSPS) is 47.3. The fourth-order valence-corrected chi connectivity index (χ4v) is 9.90. The van der Waals surface area contributed by atoms with E-state index in [9.17, 15) is 0 Å². The second-order valence-electron chi connectivity index (χ2n) is 14.1. The molecular formula is C30H52OS. The SMILES string of the molecule is COC1CCC2(C)C(=CCC3(C)[C@@H]2CCC2(C)[C@H]3CC[C@]2(C)[C@@H](C)CCCC(C)(C)S)C1. The Balaban J connectivity index is 1.57. The summed E-state index contributed by atoms with van der Waals surface area (Å²) in [5.41, 5.74) is 3.58. The van der Waals surface area contributed by atoms with Crippen molar-refractivity contribution in [2.75, 3.05) is 7.11 Å². The van der Waals surface area contributed by atoms with Gasteiger partial charge in [0, 0.05) is 11.9 Å². The Kier molecular flexibility index (Phi) is 6.54. The van der Waals surface area contributed by atoms with Crippen LogP contribution in [0.3, 0.4) is 0 Å². The molecule has 0 aromatic heterocycles. The summed E-state index contributed by atoms with van der Waals surface area (Å²) in [6.45, 7) is 17.9. The topological polar surface area (TPSA) is 9.23 Å². The molecule has 0 heterocycles. The highest BCUT2D eigenvalue weighted by molar-refractivity contribution is 7.81. The van der Waals surface area contributed by atoms with Gasteiger partial charge in [-0.2, -0.15) is 12.6 Å². The first kappa shape index (κ1) is 25.2. The molecule has 3 fully saturated rings. The van der Waals surface area contributed by atoms with Crippen LogP contribution in [0.15, 0.2) is 11.6 Å². The average Bonchev–Trinajstić information content (AvgIpc) is 2.99. The van der Waals surface area contributed by atoms with E-state index in [0.29, 0.717) is 27.8 Å². The van der Waals surface area contributed by atoms with Gasteiger partial charge in [0.15, 0.2) is 0 Å². The van der Waals surface area contributed by atoms with Crippen LogP contribution in [0.4, 0.5) is 0 Å². The summed E-state index contributed by atoms with van der Waals surface area (Å²) in [6.07, 6.45) is 17.9. The minimum Gasteiger partial charge on any atom is -0.381 e. The standard InChI is InChI=1S/C30H52OS/c1-21(10-9-15-26(2,3)32)29(6)18-14-25-28(5)16-11-22-20-23(31-8)12-17-27(22,4)24(28)13-19-30(25,29)7/h11,21,23-25,32H,9-10,12-20H2,1-8H3/t21-,23?,24+,25-,27?,28?,29+,30?/m0/s1. The minimum atomic E-state index is 0.164. The fraction of sp³-hybridized carbons (Fsp3) is 0.933. The second-order valence-corrected chi connectivity index (χ2v) is 15.3. The smallest absolute Gasteiger partial charge is 0.0608 e. The molecular weight excluding hydrogens is 408 g/mol.